The number of benzene rings is 1. The fourth-order valence-corrected chi connectivity index (χ4v) is 1.68. The van der Waals surface area contributed by atoms with Gasteiger partial charge in [0, 0.05) is 13.1 Å². The standard InChI is InChI=1S/C16H21NO2/c1-3-12-17(14-16(18)19-4-2)13-8-11-15-9-6-5-7-10-15/h3,5-11H,1,4,12-14H2,2H3/b11-8+. The summed E-state index contributed by atoms with van der Waals surface area (Å²) >= 11 is 0. The van der Waals surface area contributed by atoms with Gasteiger partial charge in [0.2, 0.25) is 0 Å². The normalized spacial score (nSPS) is 10.8. The lowest BCUT2D eigenvalue weighted by Gasteiger charge is -2.17. The first kappa shape index (κ1) is 15.2. The zero-order chi connectivity index (χ0) is 13.9. The van der Waals surface area contributed by atoms with Gasteiger partial charge in [0.05, 0.1) is 13.2 Å². The highest BCUT2D eigenvalue weighted by Gasteiger charge is 2.08. The molecule has 0 N–H and O–H groups in total. The van der Waals surface area contributed by atoms with Crippen LogP contribution in [0.4, 0.5) is 0 Å². The molecule has 0 saturated carbocycles. The van der Waals surface area contributed by atoms with Gasteiger partial charge in [-0.15, -0.1) is 6.58 Å². The van der Waals surface area contributed by atoms with Crippen molar-refractivity contribution in [3.63, 3.8) is 0 Å². The van der Waals surface area contributed by atoms with Crippen LogP contribution in [0.2, 0.25) is 0 Å². The first-order chi connectivity index (χ1) is 9.26. The highest BCUT2D eigenvalue weighted by molar-refractivity contribution is 5.71. The van der Waals surface area contributed by atoms with E-state index in [4.69, 9.17) is 4.74 Å². The Morgan fingerprint density at radius 2 is 2.05 bits per heavy atom. The molecule has 0 aliphatic heterocycles. The van der Waals surface area contributed by atoms with Crippen molar-refractivity contribution in [2.75, 3.05) is 26.2 Å². The van der Waals surface area contributed by atoms with Crippen molar-refractivity contribution in [1.29, 1.82) is 0 Å². The molecule has 19 heavy (non-hydrogen) atoms. The summed E-state index contributed by atoms with van der Waals surface area (Å²) in [5, 5.41) is 0. The van der Waals surface area contributed by atoms with Crippen LogP contribution >= 0.6 is 0 Å². The van der Waals surface area contributed by atoms with Gasteiger partial charge >= 0.3 is 5.97 Å². The number of nitrogens with zero attached hydrogens (tertiary/aromatic N) is 1. The minimum atomic E-state index is -0.197. The molecule has 1 rings (SSSR count). The number of esters is 1. The zero-order valence-corrected chi connectivity index (χ0v) is 11.4. The monoisotopic (exact) mass is 259 g/mol. The van der Waals surface area contributed by atoms with Crippen molar-refractivity contribution in [2.45, 2.75) is 6.92 Å². The fraction of sp³-hybridized carbons (Fsp3) is 0.312. The minimum absolute atomic E-state index is 0.197. The van der Waals surface area contributed by atoms with Crippen LogP contribution < -0.4 is 0 Å². The van der Waals surface area contributed by atoms with Gasteiger partial charge in [0.25, 0.3) is 0 Å². The van der Waals surface area contributed by atoms with Crippen LogP contribution in [-0.4, -0.2) is 37.1 Å². The van der Waals surface area contributed by atoms with Crippen LogP contribution in [0.1, 0.15) is 12.5 Å². The van der Waals surface area contributed by atoms with Crippen LogP contribution in [0.25, 0.3) is 6.08 Å². The number of carbonyl (C=O) groups excluding carboxylic acids is 1. The predicted molar refractivity (Wildman–Crippen MR) is 78.7 cm³/mol. The highest BCUT2D eigenvalue weighted by atomic mass is 16.5. The molecule has 3 heteroatoms. The summed E-state index contributed by atoms with van der Waals surface area (Å²) in [7, 11) is 0. The Labute approximate surface area is 115 Å². The Bertz CT molecular complexity index is 412. The van der Waals surface area contributed by atoms with Crippen LogP contribution in [0.5, 0.6) is 0 Å². The lowest BCUT2D eigenvalue weighted by molar-refractivity contribution is -0.144. The summed E-state index contributed by atoms with van der Waals surface area (Å²) in [6.07, 6.45) is 5.87. The first-order valence-electron chi connectivity index (χ1n) is 6.46. The Hall–Kier alpha value is -1.87. The van der Waals surface area contributed by atoms with Crippen LogP contribution in [-0.2, 0) is 9.53 Å². The molecule has 0 aliphatic carbocycles. The Morgan fingerprint density at radius 3 is 2.68 bits per heavy atom. The third kappa shape index (κ3) is 6.58. The molecule has 0 unspecified atom stereocenters. The molecule has 0 spiro atoms. The second kappa shape index (κ2) is 9.11. The molecule has 0 bridgehead atoms. The van der Waals surface area contributed by atoms with E-state index in [1.807, 2.05) is 54.3 Å². The van der Waals surface area contributed by atoms with Crippen molar-refractivity contribution < 1.29 is 9.53 Å². The third-order valence-corrected chi connectivity index (χ3v) is 2.52. The van der Waals surface area contributed by atoms with Gasteiger partial charge in [-0.05, 0) is 12.5 Å². The second-order valence-corrected chi connectivity index (χ2v) is 4.10. The van der Waals surface area contributed by atoms with E-state index in [1.54, 1.807) is 6.08 Å². The van der Waals surface area contributed by atoms with Gasteiger partial charge in [-0.25, -0.2) is 0 Å². The Morgan fingerprint density at radius 1 is 1.32 bits per heavy atom. The van der Waals surface area contributed by atoms with E-state index in [2.05, 4.69) is 6.58 Å². The van der Waals surface area contributed by atoms with E-state index in [0.717, 1.165) is 5.56 Å². The molecule has 0 aromatic heterocycles. The Balaban J connectivity index is 2.47. The molecule has 0 heterocycles. The van der Waals surface area contributed by atoms with Gasteiger partial charge in [0.15, 0.2) is 0 Å². The van der Waals surface area contributed by atoms with Gasteiger partial charge in [-0.1, -0.05) is 48.6 Å². The summed E-state index contributed by atoms with van der Waals surface area (Å²) in [5.41, 5.74) is 1.15. The lowest BCUT2D eigenvalue weighted by Crippen LogP contribution is -2.31. The third-order valence-electron chi connectivity index (χ3n) is 2.52. The van der Waals surface area contributed by atoms with Crippen LogP contribution in [0.3, 0.4) is 0 Å². The number of ether oxygens (including phenoxy) is 1. The second-order valence-electron chi connectivity index (χ2n) is 4.10. The summed E-state index contributed by atoms with van der Waals surface area (Å²) in [6, 6.07) is 10.1. The molecule has 3 nitrogen and oxygen atoms in total. The van der Waals surface area contributed by atoms with E-state index in [1.165, 1.54) is 0 Å². The Kier molecular flexibility index (Phi) is 7.28. The summed E-state index contributed by atoms with van der Waals surface area (Å²) in [6.45, 7) is 7.58. The maximum Gasteiger partial charge on any atom is 0.320 e. The van der Waals surface area contributed by atoms with E-state index < -0.39 is 0 Å². The van der Waals surface area contributed by atoms with E-state index in [0.29, 0.717) is 26.2 Å². The van der Waals surface area contributed by atoms with Gasteiger partial charge in [-0.2, -0.15) is 0 Å². The molecular weight excluding hydrogens is 238 g/mol. The predicted octanol–water partition coefficient (Wildman–Crippen LogP) is 2.75. The maximum absolute atomic E-state index is 11.4. The summed E-state index contributed by atoms with van der Waals surface area (Å²) in [4.78, 5) is 13.4. The molecule has 1 aromatic carbocycles. The summed E-state index contributed by atoms with van der Waals surface area (Å²) < 4.78 is 4.94. The first-order valence-corrected chi connectivity index (χ1v) is 6.46. The molecule has 0 amide bonds. The van der Waals surface area contributed by atoms with Crippen LogP contribution in [0.15, 0.2) is 49.1 Å². The fourth-order valence-electron chi connectivity index (χ4n) is 1.68. The smallest absolute Gasteiger partial charge is 0.320 e. The molecule has 0 saturated heterocycles. The van der Waals surface area contributed by atoms with Crippen molar-refractivity contribution in [3.05, 3.63) is 54.6 Å². The van der Waals surface area contributed by atoms with Gasteiger partial charge in [0.1, 0.15) is 0 Å². The van der Waals surface area contributed by atoms with E-state index in [-0.39, 0.29) is 5.97 Å². The van der Waals surface area contributed by atoms with Crippen LogP contribution in [0, 0.1) is 0 Å². The maximum atomic E-state index is 11.4. The van der Waals surface area contributed by atoms with Gasteiger partial charge in [-0.3, -0.25) is 9.69 Å². The largest absolute Gasteiger partial charge is 0.465 e. The average molecular weight is 259 g/mol. The molecule has 102 valence electrons. The summed E-state index contributed by atoms with van der Waals surface area (Å²) in [5.74, 6) is -0.197. The molecule has 0 radical (unpaired) electrons. The van der Waals surface area contributed by atoms with Crippen molar-refractivity contribution in [1.82, 2.24) is 4.90 Å². The zero-order valence-electron chi connectivity index (χ0n) is 11.4. The lowest BCUT2D eigenvalue weighted by atomic mass is 10.2. The highest BCUT2D eigenvalue weighted by Crippen LogP contribution is 2.01. The molecule has 1 aromatic rings. The minimum Gasteiger partial charge on any atom is -0.465 e. The number of hydrogen-bond acceptors (Lipinski definition) is 3. The van der Waals surface area contributed by atoms with E-state index in [9.17, 15) is 4.79 Å². The number of rotatable bonds is 8. The molecule has 0 atom stereocenters. The van der Waals surface area contributed by atoms with E-state index >= 15 is 0 Å². The number of carbonyl (C=O) groups is 1. The van der Waals surface area contributed by atoms with Crippen molar-refractivity contribution >= 4 is 12.0 Å². The number of hydrogen-bond donors (Lipinski definition) is 0. The molecular formula is C16H21NO2. The van der Waals surface area contributed by atoms with Crippen molar-refractivity contribution in [3.8, 4) is 0 Å². The average Bonchev–Trinajstić information content (AvgIpc) is 2.40. The molecule has 0 fully saturated rings. The van der Waals surface area contributed by atoms with Crippen molar-refractivity contribution in [2.24, 2.45) is 0 Å². The quantitative estimate of drug-likeness (QED) is 0.531. The topological polar surface area (TPSA) is 29.5 Å². The SMILES string of the molecule is C=CCN(C/C=C/c1ccccc1)CC(=O)OCC. The van der Waals surface area contributed by atoms with Gasteiger partial charge < -0.3 is 4.74 Å². The molecule has 0 aliphatic rings.